The van der Waals surface area contributed by atoms with Crippen LogP contribution in [0.25, 0.3) is 0 Å². The molecule has 1 heterocycles. The first-order valence-corrected chi connectivity index (χ1v) is 5.09. The highest BCUT2D eigenvalue weighted by molar-refractivity contribution is 5.85. The largest absolute Gasteiger partial charge is 0.480 e. The molecule has 0 aromatic carbocycles. The predicted octanol–water partition coefficient (Wildman–Crippen LogP) is 0.386. The summed E-state index contributed by atoms with van der Waals surface area (Å²) in [6.07, 6.45) is 2.45. The van der Waals surface area contributed by atoms with E-state index in [-0.39, 0.29) is 24.3 Å². The Hall–Kier alpha value is -1.91. The zero-order valence-electron chi connectivity index (χ0n) is 8.59. The van der Waals surface area contributed by atoms with Gasteiger partial charge in [0.05, 0.1) is 0 Å². The fraction of sp³-hybridized carbons (Fsp3) is 0.364. The minimum atomic E-state index is -1.02. The Balaban J connectivity index is 1.87. The Morgan fingerprint density at radius 2 is 2.31 bits per heavy atom. The van der Waals surface area contributed by atoms with Crippen LogP contribution in [-0.2, 0) is 9.59 Å². The summed E-state index contributed by atoms with van der Waals surface area (Å²) in [5.41, 5.74) is 0.901. The summed E-state index contributed by atoms with van der Waals surface area (Å²) >= 11 is 0. The molecular formula is C11H12N2O3. The molecule has 1 aliphatic carbocycles. The van der Waals surface area contributed by atoms with Gasteiger partial charge in [-0.1, -0.05) is 6.07 Å². The molecule has 1 aromatic rings. The van der Waals surface area contributed by atoms with Crippen molar-refractivity contribution in [1.29, 1.82) is 0 Å². The highest BCUT2D eigenvalue weighted by Crippen LogP contribution is 2.46. The average Bonchev–Trinajstić information content (AvgIpc) is 3.07. The molecule has 1 aromatic heterocycles. The molecule has 1 aliphatic rings. The lowest BCUT2D eigenvalue weighted by atomic mass is 10.2. The van der Waals surface area contributed by atoms with E-state index in [9.17, 15) is 9.59 Å². The zero-order valence-corrected chi connectivity index (χ0v) is 8.59. The van der Waals surface area contributed by atoms with E-state index in [1.807, 2.05) is 18.2 Å². The first-order valence-electron chi connectivity index (χ1n) is 5.09. The average molecular weight is 220 g/mol. The lowest BCUT2D eigenvalue weighted by molar-refractivity contribution is -0.138. The highest BCUT2D eigenvalue weighted by Gasteiger charge is 2.44. The normalized spacial score (nSPS) is 22.5. The number of aliphatic carboxylic acids is 1. The van der Waals surface area contributed by atoms with Gasteiger partial charge in [0.1, 0.15) is 6.54 Å². The number of carboxylic acid groups (broad SMARTS) is 1. The molecule has 1 saturated carbocycles. The SMILES string of the molecule is O=C(O)CNC(=O)[C@H]1CC1c1ccccn1. The van der Waals surface area contributed by atoms with E-state index in [4.69, 9.17) is 5.11 Å². The van der Waals surface area contributed by atoms with E-state index in [0.29, 0.717) is 0 Å². The molecule has 5 nitrogen and oxygen atoms in total. The number of pyridine rings is 1. The quantitative estimate of drug-likeness (QED) is 0.769. The van der Waals surface area contributed by atoms with Gasteiger partial charge in [-0.2, -0.15) is 0 Å². The number of nitrogens with one attached hydrogen (secondary N) is 1. The van der Waals surface area contributed by atoms with E-state index >= 15 is 0 Å². The van der Waals surface area contributed by atoms with Crippen molar-refractivity contribution in [3.63, 3.8) is 0 Å². The molecule has 0 saturated heterocycles. The summed E-state index contributed by atoms with van der Waals surface area (Å²) in [5, 5.41) is 10.8. The maximum atomic E-state index is 11.5. The van der Waals surface area contributed by atoms with Gasteiger partial charge in [-0.25, -0.2) is 0 Å². The van der Waals surface area contributed by atoms with Crippen LogP contribution in [0.2, 0.25) is 0 Å². The maximum absolute atomic E-state index is 11.5. The van der Waals surface area contributed by atoms with E-state index in [1.165, 1.54) is 0 Å². The molecule has 2 atom stereocenters. The third kappa shape index (κ3) is 2.36. The van der Waals surface area contributed by atoms with Crippen molar-refractivity contribution in [3.8, 4) is 0 Å². The zero-order chi connectivity index (χ0) is 11.5. The van der Waals surface area contributed by atoms with Crippen LogP contribution in [-0.4, -0.2) is 28.5 Å². The summed E-state index contributed by atoms with van der Waals surface area (Å²) in [6, 6.07) is 5.59. The van der Waals surface area contributed by atoms with Crippen LogP contribution in [0, 0.1) is 5.92 Å². The monoisotopic (exact) mass is 220 g/mol. The number of carboxylic acids is 1. The molecule has 0 spiro atoms. The fourth-order valence-corrected chi connectivity index (χ4v) is 1.70. The lowest BCUT2D eigenvalue weighted by Gasteiger charge is -2.01. The fourth-order valence-electron chi connectivity index (χ4n) is 1.70. The van der Waals surface area contributed by atoms with Gasteiger partial charge < -0.3 is 10.4 Å². The Bertz CT molecular complexity index is 405. The van der Waals surface area contributed by atoms with E-state index in [0.717, 1.165) is 12.1 Å². The summed E-state index contributed by atoms with van der Waals surface area (Å²) in [4.78, 5) is 25.9. The van der Waals surface area contributed by atoms with Crippen molar-refractivity contribution in [2.24, 2.45) is 5.92 Å². The van der Waals surface area contributed by atoms with Gasteiger partial charge in [-0.05, 0) is 18.6 Å². The van der Waals surface area contributed by atoms with Gasteiger partial charge >= 0.3 is 5.97 Å². The highest BCUT2D eigenvalue weighted by atomic mass is 16.4. The molecule has 5 heteroatoms. The number of nitrogens with zero attached hydrogens (tertiary/aromatic N) is 1. The molecule has 0 bridgehead atoms. The standard InChI is InChI=1S/C11H12N2O3/c14-10(15)6-13-11(16)8-5-7(8)9-3-1-2-4-12-9/h1-4,7-8H,5-6H2,(H,13,16)(H,14,15)/t7?,8-/m0/s1. The number of carbonyl (C=O) groups excluding carboxylic acids is 1. The second-order valence-electron chi connectivity index (χ2n) is 3.81. The molecule has 84 valence electrons. The molecule has 2 N–H and O–H groups in total. The van der Waals surface area contributed by atoms with Crippen molar-refractivity contribution in [2.45, 2.75) is 12.3 Å². The predicted molar refractivity (Wildman–Crippen MR) is 55.7 cm³/mol. The third-order valence-electron chi connectivity index (χ3n) is 2.61. The van der Waals surface area contributed by atoms with Crippen LogP contribution < -0.4 is 5.32 Å². The lowest BCUT2D eigenvalue weighted by Crippen LogP contribution is -2.30. The van der Waals surface area contributed by atoms with E-state index < -0.39 is 5.97 Å². The van der Waals surface area contributed by atoms with Gasteiger partial charge in [0.25, 0.3) is 0 Å². The number of carbonyl (C=O) groups is 2. The van der Waals surface area contributed by atoms with Gasteiger partial charge in [-0.15, -0.1) is 0 Å². The molecule has 0 aliphatic heterocycles. The van der Waals surface area contributed by atoms with Crippen LogP contribution in [0.4, 0.5) is 0 Å². The van der Waals surface area contributed by atoms with Crippen LogP contribution >= 0.6 is 0 Å². The summed E-state index contributed by atoms with van der Waals surface area (Å²) in [6.45, 7) is -0.315. The van der Waals surface area contributed by atoms with Gasteiger partial charge in [-0.3, -0.25) is 14.6 Å². The van der Waals surface area contributed by atoms with Crippen molar-refractivity contribution in [2.75, 3.05) is 6.54 Å². The molecule has 1 amide bonds. The molecule has 1 fully saturated rings. The first-order chi connectivity index (χ1) is 7.68. The van der Waals surface area contributed by atoms with Crippen molar-refractivity contribution < 1.29 is 14.7 Å². The van der Waals surface area contributed by atoms with Crippen molar-refractivity contribution >= 4 is 11.9 Å². The number of rotatable bonds is 4. The van der Waals surface area contributed by atoms with Gasteiger partial charge in [0.2, 0.25) is 5.91 Å². The number of hydrogen-bond acceptors (Lipinski definition) is 3. The second-order valence-corrected chi connectivity index (χ2v) is 3.81. The minimum absolute atomic E-state index is 0.116. The molecule has 2 rings (SSSR count). The van der Waals surface area contributed by atoms with Crippen LogP contribution in [0.5, 0.6) is 0 Å². The van der Waals surface area contributed by atoms with E-state index in [1.54, 1.807) is 6.20 Å². The Kier molecular flexibility index (Phi) is 2.85. The topological polar surface area (TPSA) is 79.3 Å². The smallest absolute Gasteiger partial charge is 0.322 e. The number of amides is 1. The molecule has 1 unspecified atom stereocenters. The van der Waals surface area contributed by atoms with Crippen LogP contribution in [0.15, 0.2) is 24.4 Å². The summed E-state index contributed by atoms with van der Waals surface area (Å²) in [7, 11) is 0. The van der Waals surface area contributed by atoms with Gasteiger partial charge in [0.15, 0.2) is 0 Å². The Morgan fingerprint density at radius 3 is 2.94 bits per heavy atom. The summed E-state index contributed by atoms with van der Waals surface area (Å²) in [5.74, 6) is -1.19. The van der Waals surface area contributed by atoms with Crippen LogP contribution in [0.1, 0.15) is 18.0 Å². The van der Waals surface area contributed by atoms with Crippen LogP contribution in [0.3, 0.4) is 0 Å². The van der Waals surface area contributed by atoms with Gasteiger partial charge in [0, 0.05) is 23.7 Å². The summed E-state index contributed by atoms with van der Waals surface area (Å²) < 4.78 is 0. The second kappa shape index (κ2) is 4.30. The molecular weight excluding hydrogens is 208 g/mol. The third-order valence-corrected chi connectivity index (χ3v) is 2.61. The molecule has 16 heavy (non-hydrogen) atoms. The Labute approximate surface area is 92.5 Å². The van der Waals surface area contributed by atoms with Crippen molar-refractivity contribution in [3.05, 3.63) is 30.1 Å². The number of aromatic nitrogens is 1. The maximum Gasteiger partial charge on any atom is 0.322 e. The first kappa shape index (κ1) is 10.6. The number of hydrogen-bond donors (Lipinski definition) is 2. The molecule has 0 radical (unpaired) electrons. The van der Waals surface area contributed by atoms with Crippen molar-refractivity contribution in [1.82, 2.24) is 10.3 Å². The van der Waals surface area contributed by atoms with E-state index in [2.05, 4.69) is 10.3 Å². The Morgan fingerprint density at radius 1 is 1.50 bits per heavy atom. The minimum Gasteiger partial charge on any atom is -0.480 e.